The summed E-state index contributed by atoms with van der Waals surface area (Å²) >= 11 is 0. The topological polar surface area (TPSA) is 83.7 Å². The molecule has 1 aliphatic heterocycles. The van der Waals surface area contributed by atoms with E-state index in [0.29, 0.717) is 17.9 Å². The van der Waals surface area contributed by atoms with Crippen molar-refractivity contribution in [2.45, 2.75) is 32.7 Å². The molecule has 3 N–H and O–H groups in total. The van der Waals surface area contributed by atoms with Gasteiger partial charge in [-0.05, 0) is 48.9 Å². The summed E-state index contributed by atoms with van der Waals surface area (Å²) in [5, 5.41) is 8.37. The van der Waals surface area contributed by atoms with Crippen LogP contribution < -0.4 is 10.6 Å². The summed E-state index contributed by atoms with van der Waals surface area (Å²) < 4.78 is 0. The van der Waals surface area contributed by atoms with E-state index in [1.165, 1.54) is 0 Å². The zero-order valence-corrected chi connectivity index (χ0v) is 15.4. The lowest BCUT2D eigenvalue weighted by molar-refractivity contribution is 0.303. The van der Waals surface area contributed by atoms with Crippen molar-refractivity contribution in [2.24, 2.45) is 17.6 Å². The average Bonchev–Trinajstić information content (AvgIpc) is 3.07. The molecule has 3 aromatic rings. The number of nitrogens with zero attached hydrogens (tertiary/aromatic N) is 4. The first kappa shape index (κ1) is 17.0. The monoisotopic (exact) mass is 358 g/mol. The number of hydrogen-bond donors (Lipinski definition) is 2. The van der Waals surface area contributed by atoms with E-state index in [1.807, 2.05) is 18.2 Å². The van der Waals surface area contributed by atoms with Crippen LogP contribution in [0.5, 0.6) is 0 Å². The van der Waals surface area contributed by atoms with Crippen molar-refractivity contribution >= 4 is 16.9 Å². The Hall–Kier alpha value is -2.47. The van der Waals surface area contributed by atoms with Crippen LogP contribution in [0.4, 0.5) is 5.82 Å². The van der Waals surface area contributed by atoms with Gasteiger partial charge in [-0.1, -0.05) is 19.9 Å². The van der Waals surface area contributed by atoms with E-state index < -0.39 is 0 Å². The van der Waals surface area contributed by atoms with Gasteiger partial charge in [0.05, 0.1) is 11.4 Å². The zero-order chi connectivity index (χ0) is 18.1. The van der Waals surface area contributed by atoms with Crippen molar-refractivity contribution in [1.29, 1.82) is 0 Å². The summed E-state index contributed by atoms with van der Waals surface area (Å²) in [5.74, 6) is 2.19. The first-order valence-corrected chi connectivity index (χ1v) is 9.39. The van der Waals surface area contributed by atoms with Gasteiger partial charge in [0.1, 0.15) is 5.82 Å². The largest absolute Gasteiger partial charge is 0.356 e. The number of fused-ring (bicyclic) bond motifs is 1. The lowest BCUT2D eigenvalue weighted by Crippen LogP contribution is -2.47. The Morgan fingerprint density at radius 3 is 3.04 bits per heavy atom. The molecular weight excluding hydrogens is 324 g/mol. The van der Waals surface area contributed by atoms with E-state index in [9.17, 15) is 0 Å². The molecule has 6 heteroatoms. The first-order chi connectivity index (χ1) is 12.6. The van der Waals surface area contributed by atoms with E-state index >= 15 is 0 Å². The summed E-state index contributed by atoms with van der Waals surface area (Å²) in [6, 6.07) is 10.4. The van der Waals surface area contributed by atoms with Crippen LogP contribution in [-0.4, -0.2) is 39.3 Å². The molecule has 0 bridgehead atoms. The maximum atomic E-state index is 6.37. The highest BCUT2D eigenvalue weighted by molar-refractivity contribution is 5.89. The Bertz CT molecular complexity index is 904. The van der Waals surface area contributed by atoms with Crippen LogP contribution in [0.2, 0.25) is 0 Å². The van der Waals surface area contributed by atoms with Crippen molar-refractivity contribution in [1.82, 2.24) is 20.2 Å². The first-order valence-electron chi connectivity index (χ1n) is 9.39. The smallest absolute Gasteiger partial charge is 0.181 e. The quantitative estimate of drug-likeness (QED) is 0.730. The van der Waals surface area contributed by atoms with Gasteiger partial charge in [0, 0.05) is 36.4 Å². The fraction of sp³-hybridized carbons (Fsp3) is 0.450. The zero-order valence-electron chi connectivity index (χ0n) is 15.4. The number of aromatic amines is 1. The normalized spacial score (nSPS) is 20.8. The van der Waals surface area contributed by atoms with Gasteiger partial charge in [-0.15, -0.1) is 0 Å². The molecule has 26 heavy (non-hydrogen) atoms. The molecule has 4 rings (SSSR count). The van der Waals surface area contributed by atoms with Gasteiger partial charge >= 0.3 is 0 Å². The number of pyridine rings is 2. The fourth-order valence-electron chi connectivity index (χ4n) is 3.90. The second kappa shape index (κ2) is 7.03. The summed E-state index contributed by atoms with van der Waals surface area (Å²) in [4.78, 5) is 11.6. The van der Waals surface area contributed by atoms with Crippen LogP contribution in [0.15, 0.2) is 36.5 Å². The van der Waals surface area contributed by atoms with Crippen molar-refractivity contribution in [3.8, 4) is 11.4 Å². The van der Waals surface area contributed by atoms with Crippen LogP contribution >= 0.6 is 0 Å². The Morgan fingerprint density at radius 2 is 2.19 bits per heavy atom. The predicted molar refractivity (Wildman–Crippen MR) is 113 cm³/mol. The number of nitrogens with two attached hydrogens (primary N) is 1. The Balaban J connectivity index is 0.00000210. The second-order valence-electron chi connectivity index (χ2n) is 7.64. The molecular formula is C20H34N6. The van der Waals surface area contributed by atoms with Gasteiger partial charge in [-0.25, -0.2) is 9.97 Å². The summed E-state index contributed by atoms with van der Waals surface area (Å²) in [7, 11) is 0. The second-order valence-corrected chi connectivity index (χ2v) is 7.64. The number of rotatable bonds is 4. The van der Waals surface area contributed by atoms with Crippen LogP contribution in [-0.2, 0) is 0 Å². The van der Waals surface area contributed by atoms with E-state index in [2.05, 4.69) is 46.1 Å². The number of H-pyrrole nitrogens is 1. The van der Waals surface area contributed by atoms with E-state index in [1.54, 1.807) is 6.20 Å². The predicted octanol–water partition coefficient (Wildman–Crippen LogP) is 4.20. The molecule has 1 unspecified atom stereocenters. The molecule has 144 valence electrons. The van der Waals surface area contributed by atoms with Gasteiger partial charge < -0.3 is 10.6 Å². The van der Waals surface area contributed by atoms with Gasteiger partial charge in [-0.3, -0.25) is 5.10 Å². The molecule has 0 saturated carbocycles. The Morgan fingerprint density at radius 1 is 1.31 bits per heavy atom. The molecule has 0 spiro atoms. The average molecular weight is 359 g/mol. The Kier molecular flexibility index (Phi) is 4.59. The van der Waals surface area contributed by atoms with E-state index in [-0.39, 0.29) is 5.71 Å². The molecule has 0 amide bonds. The Labute approximate surface area is 159 Å². The molecule has 0 aromatic carbocycles. The van der Waals surface area contributed by atoms with Crippen LogP contribution in [0.3, 0.4) is 0 Å². The van der Waals surface area contributed by atoms with Gasteiger partial charge in [-0.2, -0.15) is 5.10 Å². The van der Waals surface area contributed by atoms with Crippen LogP contribution in [0, 0.1) is 11.8 Å². The minimum Gasteiger partial charge on any atom is -0.356 e. The molecule has 1 fully saturated rings. The summed E-state index contributed by atoms with van der Waals surface area (Å²) in [6.07, 6.45) is 3.93. The molecule has 3 aromatic heterocycles. The van der Waals surface area contributed by atoms with Gasteiger partial charge in [0.15, 0.2) is 5.65 Å². The standard InChI is InChI=1S/C20H26N6.4H2/c1-13(2)11-14-12-26(10-8-16(14)21)18-7-3-6-17(23-18)19-15-5-4-9-22-20(15)25-24-19;;;;/h3-7,9,13-14,16H,8,10-12,21H2,1-2H3,(H,22,24,25);4*1H/t14-,16?;;;;/m0..../s1. The van der Waals surface area contributed by atoms with Gasteiger partial charge in [0.25, 0.3) is 0 Å². The molecule has 0 aliphatic carbocycles. The number of piperidine rings is 1. The summed E-state index contributed by atoms with van der Waals surface area (Å²) in [6.45, 7) is 6.46. The maximum absolute atomic E-state index is 6.37. The minimum atomic E-state index is 0. The maximum Gasteiger partial charge on any atom is 0.181 e. The van der Waals surface area contributed by atoms with Crippen LogP contribution in [0.1, 0.15) is 32.4 Å². The van der Waals surface area contributed by atoms with Crippen molar-refractivity contribution < 1.29 is 5.71 Å². The molecule has 2 atom stereocenters. The SMILES string of the molecule is CC(C)C[C@H]1CN(c2cccc(-c3[nH]nc4ncccc34)n2)CCC1N.[HH].[HH].[HH].[HH]. The third-order valence-corrected chi connectivity index (χ3v) is 5.21. The number of anilines is 1. The van der Waals surface area contributed by atoms with Crippen LogP contribution in [0.25, 0.3) is 22.4 Å². The minimum absolute atomic E-state index is 0. The van der Waals surface area contributed by atoms with Gasteiger partial charge in [0.2, 0.25) is 0 Å². The number of nitrogens with one attached hydrogen (secondary N) is 1. The van der Waals surface area contributed by atoms with Crippen molar-refractivity contribution in [3.63, 3.8) is 0 Å². The molecule has 0 radical (unpaired) electrons. The highest BCUT2D eigenvalue weighted by Crippen LogP contribution is 2.28. The molecule has 1 saturated heterocycles. The van der Waals surface area contributed by atoms with E-state index in [4.69, 9.17) is 10.7 Å². The summed E-state index contributed by atoms with van der Waals surface area (Å²) in [5.41, 5.74) is 8.90. The van der Waals surface area contributed by atoms with Crippen molar-refractivity contribution in [3.05, 3.63) is 36.5 Å². The highest BCUT2D eigenvalue weighted by atomic mass is 15.2. The highest BCUT2D eigenvalue weighted by Gasteiger charge is 2.28. The molecule has 4 heterocycles. The number of aromatic nitrogens is 4. The number of hydrogen-bond acceptors (Lipinski definition) is 5. The fourth-order valence-corrected chi connectivity index (χ4v) is 3.90. The third-order valence-electron chi connectivity index (χ3n) is 5.21. The third kappa shape index (κ3) is 3.29. The van der Waals surface area contributed by atoms with Crippen molar-refractivity contribution in [2.75, 3.05) is 18.0 Å². The molecule has 1 aliphatic rings. The molecule has 6 nitrogen and oxygen atoms in total. The lowest BCUT2D eigenvalue weighted by Gasteiger charge is -2.38. The lowest BCUT2D eigenvalue weighted by atomic mass is 9.86. The van der Waals surface area contributed by atoms with E-state index in [0.717, 1.165) is 54.2 Å².